The number of aromatic nitrogens is 2. The molecule has 102 valence electrons. The molecule has 0 aliphatic carbocycles. The standard InChI is InChI=1S/C11H18ClN3O2S/c1-2-4-14(9-15-7-10(12)6-13-15)11-3-5-18(16,17)8-11/h6-7,11H,2-5,8-9H2,1H3. The van der Waals surface area contributed by atoms with Crippen LogP contribution in [0.25, 0.3) is 0 Å². The van der Waals surface area contributed by atoms with Crippen molar-refractivity contribution in [2.45, 2.75) is 32.5 Å². The van der Waals surface area contributed by atoms with Gasteiger partial charge in [-0.25, -0.2) is 8.42 Å². The minimum Gasteiger partial charge on any atom is -0.280 e. The molecule has 5 nitrogen and oxygen atoms in total. The van der Waals surface area contributed by atoms with E-state index in [-0.39, 0.29) is 11.8 Å². The molecule has 1 aromatic rings. The van der Waals surface area contributed by atoms with E-state index in [4.69, 9.17) is 11.6 Å². The summed E-state index contributed by atoms with van der Waals surface area (Å²) in [6.45, 7) is 3.56. The van der Waals surface area contributed by atoms with Gasteiger partial charge < -0.3 is 0 Å². The van der Waals surface area contributed by atoms with E-state index in [1.807, 2.05) is 0 Å². The second-order valence-corrected chi connectivity index (χ2v) is 7.37. The first-order chi connectivity index (χ1) is 8.50. The molecule has 0 spiro atoms. The van der Waals surface area contributed by atoms with Crippen LogP contribution in [0, 0.1) is 0 Å². The van der Waals surface area contributed by atoms with Crippen molar-refractivity contribution in [3.63, 3.8) is 0 Å². The molecule has 0 bridgehead atoms. The molecule has 1 unspecified atom stereocenters. The van der Waals surface area contributed by atoms with E-state index in [2.05, 4.69) is 16.9 Å². The summed E-state index contributed by atoms with van der Waals surface area (Å²) in [6, 6.07) is 0.109. The first kappa shape index (κ1) is 13.8. The highest BCUT2D eigenvalue weighted by molar-refractivity contribution is 7.91. The summed E-state index contributed by atoms with van der Waals surface area (Å²) in [4.78, 5) is 2.17. The molecule has 1 fully saturated rings. The largest absolute Gasteiger partial charge is 0.280 e. The number of sulfone groups is 1. The van der Waals surface area contributed by atoms with Gasteiger partial charge in [0, 0.05) is 12.2 Å². The lowest BCUT2D eigenvalue weighted by Crippen LogP contribution is -2.38. The van der Waals surface area contributed by atoms with E-state index in [1.165, 1.54) is 0 Å². The van der Waals surface area contributed by atoms with Gasteiger partial charge in [-0.2, -0.15) is 5.10 Å². The third-order valence-electron chi connectivity index (χ3n) is 3.16. The zero-order chi connectivity index (χ0) is 13.2. The van der Waals surface area contributed by atoms with Crippen LogP contribution in [0.1, 0.15) is 19.8 Å². The number of halogens is 1. The van der Waals surface area contributed by atoms with Crippen molar-refractivity contribution < 1.29 is 8.42 Å². The fraction of sp³-hybridized carbons (Fsp3) is 0.727. The lowest BCUT2D eigenvalue weighted by atomic mass is 10.2. The number of hydrogen-bond acceptors (Lipinski definition) is 4. The molecule has 2 heterocycles. The molecule has 0 N–H and O–H groups in total. The summed E-state index contributed by atoms with van der Waals surface area (Å²) in [5.41, 5.74) is 0. The van der Waals surface area contributed by atoms with Crippen LogP contribution in [0.5, 0.6) is 0 Å². The molecular formula is C11H18ClN3O2S. The van der Waals surface area contributed by atoms with E-state index >= 15 is 0 Å². The van der Waals surface area contributed by atoms with E-state index in [1.54, 1.807) is 17.1 Å². The number of nitrogens with zero attached hydrogens (tertiary/aromatic N) is 3. The fourth-order valence-electron chi connectivity index (χ4n) is 2.32. The molecule has 1 atom stereocenters. The molecule has 2 rings (SSSR count). The Morgan fingerprint density at radius 1 is 1.61 bits per heavy atom. The van der Waals surface area contributed by atoms with E-state index in [9.17, 15) is 8.42 Å². The molecule has 1 saturated heterocycles. The Morgan fingerprint density at radius 3 is 2.89 bits per heavy atom. The predicted octanol–water partition coefficient (Wildman–Crippen LogP) is 1.39. The van der Waals surface area contributed by atoms with Crippen molar-refractivity contribution in [3.05, 3.63) is 17.4 Å². The third kappa shape index (κ3) is 3.46. The highest BCUT2D eigenvalue weighted by atomic mass is 35.5. The first-order valence-electron chi connectivity index (χ1n) is 6.12. The van der Waals surface area contributed by atoms with Crippen LogP contribution in [0.2, 0.25) is 5.02 Å². The maximum absolute atomic E-state index is 11.5. The average molecular weight is 292 g/mol. The van der Waals surface area contributed by atoms with Gasteiger partial charge in [-0.15, -0.1) is 0 Å². The first-order valence-corrected chi connectivity index (χ1v) is 8.32. The molecule has 0 radical (unpaired) electrons. The van der Waals surface area contributed by atoms with E-state index in [0.29, 0.717) is 17.4 Å². The van der Waals surface area contributed by atoms with Gasteiger partial charge in [0.2, 0.25) is 0 Å². The van der Waals surface area contributed by atoms with Crippen molar-refractivity contribution in [3.8, 4) is 0 Å². The molecule has 18 heavy (non-hydrogen) atoms. The second kappa shape index (κ2) is 5.59. The Bertz CT molecular complexity index is 500. The molecule has 0 saturated carbocycles. The minimum absolute atomic E-state index is 0.109. The Hall–Kier alpha value is -0.590. The van der Waals surface area contributed by atoms with Crippen molar-refractivity contribution >= 4 is 21.4 Å². The quantitative estimate of drug-likeness (QED) is 0.823. The van der Waals surface area contributed by atoms with Crippen LogP contribution < -0.4 is 0 Å². The van der Waals surface area contributed by atoms with Crippen LogP contribution in [-0.4, -0.2) is 47.2 Å². The summed E-state index contributed by atoms with van der Waals surface area (Å²) in [5, 5.41) is 4.74. The Balaban J connectivity index is 2.04. The third-order valence-corrected chi connectivity index (χ3v) is 5.11. The van der Waals surface area contributed by atoms with Gasteiger partial charge in [0.15, 0.2) is 9.84 Å². The van der Waals surface area contributed by atoms with Gasteiger partial charge in [0.25, 0.3) is 0 Å². The number of hydrogen-bond donors (Lipinski definition) is 0. The maximum atomic E-state index is 11.5. The van der Waals surface area contributed by atoms with E-state index in [0.717, 1.165) is 19.4 Å². The summed E-state index contributed by atoms with van der Waals surface area (Å²) in [6.07, 6.45) is 5.06. The number of rotatable bonds is 5. The fourth-order valence-corrected chi connectivity index (χ4v) is 4.24. The smallest absolute Gasteiger partial charge is 0.151 e. The van der Waals surface area contributed by atoms with Crippen molar-refractivity contribution in [2.24, 2.45) is 0 Å². The van der Waals surface area contributed by atoms with Crippen molar-refractivity contribution in [2.75, 3.05) is 18.1 Å². The highest BCUT2D eigenvalue weighted by Crippen LogP contribution is 2.19. The zero-order valence-electron chi connectivity index (χ0n) is 10.4. The van der Waals surface area contributed by atoms with Crippen LogP contribution in [0.3, 0.4) is 0 Å². The lowest BCUT2D eigenvalue weighted by Gasteiger charge is -2.27. The maximum Gasteiger partial charge on any atom is 0.151 e. The van der Waals surface area contributed by atoms with Gasteiger partial charge in [-0.1, -0.05) is 18.5 Å². The van der Waals surface area contributed by atoms with Gasteiger partial charge >= 0.3 is 0 Å². The monoisotopic (exact) mass is 291 g/mol. The van der Waals surface area contributed by atoms with Gasteiger partial charge in [0.1, 0.15) is 0 Å². The molecule has 1 aromatic heterocycles. The van der Waals surface area contributed by atoms with Gasteiger partial charge in [-0.05, 0) is 19.4 Å². The highest BCUT2D eigenvalue weighted by Gasteiger charge is 2.31. The van der Waals surface area contributed by atoms with Crippen LogP contribution in [0.4, 0.5) is 0 Å². The molecule has 1 aliphatic rings. The SMILES string of the molecule is CCCN(Cn1cc(Cl)cn1)C1CCS(=O)(=O)C1. The molecular weight excluding hydrogens is 274 g/mol. The van der Waals surface area contributed by atoms with Gasteiger partial charge in [0.05, 0.1) is 29.4 Å². The van der Waals surface area contributed by atoms with E-state index < -0.39 is 9.84 Å². The van der Waals surface area contributed by atoms with Gasteiger partial charge in [-0.3, -0.25) is 9.58 Å². The second-order valence-electron chi connectivity index (χ2n) is 4.71. The molecule has 0 amide bonds. The molecule has 1 aliphatic heterocycles. The Morgan fingerprint density at radius 2 is 2.39 bits per heavy atom. The lowest BCUT2D eigenvalue weighted by molar-refractivity contribution is 0.156. The van der Waals surface area contributed by atoms with Crippen molar-refractivity contribution in [1.82, 2.24) is 14.7 Å². The molecule has 7 heteroatoms. The average Bonchev–Trinajstić information content (AvgIpc) is 2.84. The summed E-state index contributed by atoms with van der Waals surface area (Å²) < 4.78 is 24.8. The van der Waals surface area contributed by atoms with Crippen molar-refractivity contribution in [1.29, 1.82) is 0 Å². The summed E-state index contributed by atoms with van der Waals surface area (Å²) in [5.74, 6) is 0.569. The Kier molecular flexibility index (Phi) is 4.29. The zero-order valence-corrected chi connectivity index (χ0v) is 12.0. The topological polar surface area (TPSA) is 55.2 Å². The van der Waals surface area contributed by atoms with Crippen LogP contribution in [-0.2, 0) is 16.5 Å². The summed E-state index contributed by atoms with van der Waals surface area (Å²) >= 11 is 5.83. The summed E-state index contributed by atoms with van der Waals surface area (Å²) in [7, 11) is -2.84. The minimum atomic E-state index is -2.84. The van der Waals surface area contributed by atoms with Crippen LogP contribution in [0.15, 0.2) is 12.4 Å². The predicted molar refractivity (Wildman–Crippen MR) is 71.3 cm³/mol. The normalized spacial score (nSPS) is 22.7. The molecule has 0 aromatic carbocycles. The van der Waals surface area contributed by atoms with Crippen LogP contribution >= 0.6 is 11.6 Å². The Labute approximate surface area is 113 Å².